The molecule has 0 aromatic heterocycles. The molecule has 62 valence electrons. The molecule has 0 aromatic rings. The average Bonchev–Trinajstić information content (AvgIpc) is 1.96. The zero-order valence-electron chi connectivity index (χ0n) is 6.79. The zero-order chi connectivity index (χ0) is 8.53. The molecule has 0 amide bonds. The summed E-state index contributed by atoms with van der Waals surface area (Å²) in [5, 5.41) is 0. The molecule has 0 rings (SSSR count). The summed E-state index contributed by atoms with van der Waals surface area (Å²) in [4.78, 5) is 14.4. The highest BCUT2D eigenvalue weighted by Gasteiger charge is 1.89. The fourth-order valence-corrected chi connectivity index (χ4v) is 0.604. The van der Waals surface area contributed by atoms with Crippen molar-refractivity contribution < 1.29 is 4.79 Å². The molecule has 0 aliphatic rings. The summed E-state index contributed by atoms with van der Waals surface area (Å²) in [6, 6.07) is 0. The van der Waals surface area contributed by atoms with Crippen LogP contribution in [0.15, 0.2) is 17.3 Å². The Morgan fingerprint density at radius 3 is 2.91 bits per heavy atom. The largest absolute Gasteiger partial charge is 0.405 e. The van der Waals surface area contributed by atoms with Crippen LogP contribution >= 0.6 is 0 Å². The van der Waals surface area contributed by atoms with E-state index >= 15 is 0 Å². The van der Waals surface area contributed by atoms with Gasteiger partial charge in [-0.05, 0) is 25.6 Å². The lowest BCUT2D eigenvalue weighted by molar-refractivity contribution is -0.117. The van der Waals surface area contributed by atoms with Crippen molar-refractivity contribution in [3.8, 4) is 0 Å². The molecule has 0 fully saturated rings. The fourth-order valence-electron chi connectivity index (χ4n) is 0.604. The van der Waals surface area contributed by atoms with Gasteiger partial charge in [-0.15, -0.1) is 0 Å². The van der Waals surface area contributed by atoms with Crippen molar-refractivity contribution in [1.82, 2.24) is 0 Å². The maximum absolute atomic E-state index is 10.4. The van der Waals surface area contributed by atoms with Crippen LogP contribution in [0.1, 0.15) is 19.8 Å². The van der Waals surface area contributed by atoms with E-state index in [1.165, 1.54) is 6.20 Å². The lowest BCUT2D eigenvalue weighted by Crippen LogP contribution is -1.91. The van der Waals surface area contributed by atoms with E-state index in [4.69, 9.17) is 5.73 Å². The molecule has 0 aliphatic carbocycles. The van der Waals surface area contributed by atoms with Crippen LogP contribution in [-0.4, -0.2) is 18.5 Å². The number of Topliss-reactive ketones (excluding diaryl/α,β-unsaturated/α-hetero) is 1. The number of carbonyl (C=O) groups is 1. The third kappa shape index (κ3) is 8.88. The Labute approximate surface area is 67.0 Å². The predicted molar refractivity (Wildman–Crippen MR) is 46.6 cm³/mol. The molecule has 2 N–H and O–H groups in total. The second-order valence-electron chi connectivity index (χ2n) is 2.25. The Kier molecular flexibility index (Phi) is 6.28. The monoisotopic (exact) mass is 154 g/mol. The van der Waals surface area contributed by atoms with Crippen LogP contribution in [-0.2, 0) is 4.79 Å². The van der Waals surface area contributed by atoms with E-state index in [1.807, 2.05) is 0 Å². The first-order valence-electron chi connectivity index (χ1n) is 3.63. The van der Waals surface area contributed by atoms with Crippen molar-refractivity contribution in [3.05, 3.63) is 12.3 Å². The highest BCUT2D eigenvalue weighted by molar-refractivity contribution is 5.75. The Hall–Kier alpha value is -1.12. The van der Waals surface area contributed by atoms with Crippen LogP contribution in [0.3, 0.4) is 0 Å². The summed E-state index contributed by atoms with van der Waals surface area (Å²) in [7, 11) is 0. The third-order valence-corrected chi connectivity index (χ3v) is 1.12. The number of rotatable bonds is 5. The number of hydrogen-bond acceptors (Lipinski definition) is 3. The van der Waals surface area contributed by atoms with E-state index in [-0.39, 0.29) is 5.78 Å². The van der Waals surface area contributed by atoms with Gasteiger partial charge in [0.2, 0.25) is 0 Å². The average molecular weight is 154 g/mol. The summed E-state index contributed by atoms with van der Waals surface area (Å²) in [6.45, 7) is 2.29. The zero-order valence-corrected chi connectivity index (χ0v) is 6.79. The van der Waals surface area contributed by atoms with E-state index in [1.54, 1.807) is 19.2 Å². The number of ketones is 1. The molecule has 0 aliphatic heterocycles. The number of hydrogen-bond donors (Lipinski definition) is 1. The molecule has 0 heterocycles. The molecule has 0 unspecified atom stereocenters. The van der Waals surface area contributed by atoms with Gasteiger partial charge in [0.05, 0.1) is 0 Å². The first-order chi connectivity index (χ1) is 5.27. The van der Waals surface area contributed by atoms with Gasteiger partial charge in [0.15, 0.2) is 0 Å². The topological polar surface area (TPSA) is 55.5 Å². The number of nitrogens with two attached hydrogens (primary N) is 1. The van der Waals surface area contributed by atoms with Crippen LogP contribution in [0.2, 0.25) is 0 Å². The van der Waals surface area contributed by atoms with Crippen LogP contribution in [0, 0.1) is 0 Å². The van der Waals surface area contributed by atoms with Crippen molar-refractivity contribution in [2.45, 2.75) is 19.8 Å². The normalized spacial score (nSPS) is 11.4. The summed E-state index contributed by atoms with van der Waals surface area (Å²) >= 11 is 0. The van der Waals surface area contributed by atoms with Gasteiger partial charge in [-0.2, -0.15) is 0 Å². The van der Waals surface area contributed by atoms with Gasteiger partial charge in [0, 0.05) is 19.2 Å². The molecule has 0 spiro atoms. The number of carbonyl (C=O) groups excluding carboxylic acids is 1. The number of allylic oxidation sites excluding steroid dienone is 1. The van der Waals surface area contributed by atoms with Crippen LogP contribution in [0.5, 0.6) is 0 Å². The Bertz CT molecular complexity index is 161. The minimum absolute atomic E-state index is 0.217. The van der Waals surface area contributed by atoms with Crippen molar-refractivity contribution >= 4 is 12.0 Å². The minimum atomic E-state index is 0.217. The molecule has 0 bridgehead atoms. The van der Waals surface area contributed by atoms with Crippen LogP contribution < -0.4 is 5.73 Å². The standard InChI is InChI=1S/C8H14N2O/c1-8(11)4-2-6-10-7-3-5-9/h3,5,7H,2,4,6,9H2,1H3/b5-3-,10-7?. The molecule has 0 atom stereocenters. The molecule has 0 saturated carbocycles. The summed E-state index contributed by atoms with van der Waals surface area (Å²) in [5.41, 5.74) is 5.07. The SMILES string of the molecule is CC(=O)CCCN=C/C=C\N. The molecule has 0 saturated heterocycles. The Balaban J connectivity index is 3.20. The smallest absolute Gasteiger partial charge is 0.129 e. The van der Waals surface area contributed by atoms with E-state index in [0.29, 0.717) is 13.0 Å². The first-order valence-corrected chi connectivity index (χ1v) is 3.63. The van der Waals surface area contributed by atoms with Crippen molar-refractivity contribution in [1.29, 1.82) is 0 Å². The maximum atomic E-state index is 10.4. The molecular weight excluding hydrogens is 140 g/mol. The van der Waals surface area contributed by atoms with E-state index in [2.05, 4.69) is 4.99 Å². The molecule has 3 heteroatoms. The summed E-state index contributed by atoms with van der Waals surface area (Å²) < 4.78 is 0. The summed E-state index contributed by atoms with van der Waals surface area (Å²) in [5.74, 6) is 0.217. The number of aliphatic imine (C=N–C) groups is 1. The van der Waals surface area contributed by atoms with Gasteiger partial charge >= 0.3 is 0 Å². The lowest BCUT2D eigenvalue weighted by Gasteiger charge is -1.89. The van der Waals surface area contributed by atoms with Crippen molar-refractivity contribution in [2.75, 3.05) is 6.54 Å². The van der Waals surface area contributed by atoms with E-state index < -0.39 is 0 Å². The van der Waals surface area contributed by atoms with Crippen LogP contribution in [0.4, 0.5) is 0 Å². The van der Waals surface area contributed by atoms with Gasteiger partial charge in [0.25, 0.3) is 0 Å². The Morgan fingerprint density at radius 1 is 1.64 bits per heavy atom. The maximum Gasteiger partial charge on any atom is 0.129 e. The third-order valence-electron chi connectivity index (χ3n) is 1.12. The molecule has 0 aromatic carbocycles. The second kappa shape index (κ2) is 6.99. The van der Waals surface area contributed by atoms with Gasteiger partial charge in [-0.25, -0.2) is 0 Å². The highest BCUT2D eigenvalue weighted by Crippen LogP contribution is 1.89. The highest BCUT2D eigenvalue weighted by atomic mass is 16.1. The molecule has 11 heavy (non-hydrogen) atoms. The summed E-state index contributed by atoms with van der Waals surface area (Å²) in [6.07, 6.45) is 6.16. The minimum Gasteiger partial charge on any atom is -0.405 e. The molecule has 0 radical (unpaired) electrons. The molecular formula is C8H14N2O. The van der Waals surface area contributed by atoms with E-state index in [9.17, 15) is 4.79 Å². The van der Waals surface area contributed by atoms with Gasteiger partial charge < -0.3 is 10.5 Å². The first kappa shape index (κ1) is 9.88. The van der Waals surface area contributed by atoms with Gasteiger partial charge in [-0.1, -0.05) is 0 Å². The van der Waals surface area contributed by atoms with Crippen molar-refractivity contribution in [3.63, 3.8) is 0 Å². The number of nitrogens with zero attached hydrogens (tertiary/aromatic N) is 1. The fraction of sp³-hybridized carbons (Fsp3) is 0.500. The second-order valence-corrected chi connectivity index (χ2v) is 2.25. The van der Waals surface area contributed by atoms with Crippen LogP contribution in [0.25, 0.3) is 0 Å². The van der Waals surface area contributed by atoms with Gasteiger partial charge in [0.1, 0.15) is 5.78 Å². The lowest BCUT2D eigenvalue weighted by atomic mass is 10.2. The quantitative estimate of drug-likeness (QED) is 0.472. The van der Waals surface area contributed by atoms with Gasteiger partial charge in [-0.3, -0.25) is 4.99 Å². The predicted octanol–water partition coefficient (Wildman–Crippen LogP) is 0.899. The van der Waals surface area contributed by atoms with Crippen molar-refractivity contribution in [2.24, 2.45) is 10.7 Å². The molecule has 3 nitrogen and oxygen atoms in total. The Morgan fingerprint density at radius 2 is 2.36 bits per heavy atom. The van der Waals surface area contributed by atoms with E-state index in [0.717, 1.165) is 6.42 Å².